The van der Waals surface area contributed by atoms with Crippen LogP contribution in [0.25, 0.3) is 0 Å². The molecule has 5 aliphatic rings. The highest BCUT2D eigenvalue weighted by Gasteiger charge is 2.53. The van der Waals surface area contributed by atoms with Crippen molar-refractivity contribution >= 4 is 5.82 Å². The van der Waals surface area contributed by atoms with E-state index in [-0.39, 0.29) is 0 Å². The van der Waals surface area contributed by atoms with Crippen LogP contribution in [0.2, 0.25) is 0 Å². The first-order valence-electron chi connectivity index (χ1n) is 10.7. The molecule has 4 saturated carbocycles. The standard InChI is InChI=1S/C22H34N4/c1-24(2)21-4-3-17(15-23-21)16-25-5-7-26(8-6-25)22-12-18-9-19(13-22)11-20(10-18)14-22/h3-4,15,18-20H,5-14,16H2,1-2H3. The monoisotopic (exact) mass is 354 g/mol. The van der Waals surface area contributed by atoms with E-state index in [0.717, 1.165) is 30.1 Å². The van der Waals surface area contributed by atoms with Crippen molar-refractivity contribution in [3.8, 4) is 0 Å². The molecule has 142 valence electrons. The summed E-state index contributed by atoms with van der Waals surface area (Å²) in [4.78, 5) is 12.2. The average molecular weight is 355 g/mol. The summed E-state index contributed by atoms with van der Waals surface area (Å²) in [5, 5.41) is 0. The summed E-state index contributed by atoms with van der Waals surface area (Å²) in [6, 6.07) is 4.38. The Morgan fingerprint density at radius 2 is 1.58 bits per heavy atom. The Hall–Kier alpha value is -1.13. The van der Waals surface area contributed by atoms with Crippen LogP contribution < -0.4 is 4.90 Å². The van der Waals surface area contributed by atoms with Gasteiger partial charge in [0.1, 0.15) is 5.82 Å². The fourth-order valence-electron chi connectivity index (χ4n) is 6.87. The number of anilines is 1. The molecule has 1 saturated heterocycles. The van der Waals surface area contributed by atoms with Crippen LogP contribution >= 0.6 is 0 Å². The smallest absolute Gasteiger partial charge is 0.127 e. The second kappa shape index (κ2) is 6.49. The van der Waals surface area contributed by atoms with E-state index in [9.17, 15) is 0 Å². The van der Waals surface area contributed by atoms with E-state index in [4.69, 9.17) is 0 Å². The van der Waals surface area contributed by atoms with Crippen LogP contribution in [0, 0.1) is 17.8 Å². The number of rotatable bonds is 4. The van der Waals surface area contributed by atoms with Crippen molar-refractivity contribution in [2.75, 3.05) is 45.2 Å². The molecule has 5 fully saturated rings. The molecule has 6 rings (SSSR count). The van der Waals surface area contributed by atoms with Gasteiger partial charge in [0.25, 0.3) is 0 Å². The topological polar surface area (TPSA) is 22.6 Å². The summed E-state index contributed by atoms with van der Waals surface area (Å²) in [5.41, 5.74) is 1.94. The van der Waals surface area contributed by atoms with Crippen LogP contribution in [-0.4, -0.2) is 60.6 Å². The number of pyridine rings is 1. The van der Waals surface area contributed by atoms with Crippen LogP contribution in [0.3, 0.4) is 0 Å². The van der Waals surface area contributed by atoms with E-state index < -0.39 is 0 Å². The fourth-order valence-corrected chi connectivity index (χ4v) is 6.87. The highest BCUT2D eigenvalue weighted by molar-refractivity contribution is 5.37. The molecule has 2 heterocycles. The lowest BCUT2D eigenvalue weighted by molar-refractivity contribution is -0.101. The number of hydrogen-bond donors (Lipinski definition) is 0. The Morgan fingerprint density at radius 3 is 2.08 bits per heavy atom. The molecule has 0 radical (unpaired) electrons. The van der Waals surface area contributed by atoms with Crippen molar-refractivity contribution in [2.24, 2.45) is 17.8 Å². The lowest BCUT2D eigenvalue weighted by atomic mass is 9.52. The zero-order chi connectivity index (χ0) is 17.7. The number of piperazine rings is 1. The molecule has 1 aromatic rings. The molecule has 4 heteroatoms. The van der Waals surface area contributed by atoms with Crippen LogP contribution in [0.5, 0.6) is 0 Å². The summed E-state index contributed by atoms with van der Waals surface area (Å²) in [5.74, 6) is 4.21. The molecule has 4 bridgehead atoms. The molecule has 0 N–H and O–H groups in total. The Morgan fingerprint density at radius 1 is 0.962 bits per heavy atom. The zero-order valence-electron chi connectivity index (χ0n) is 16.5. The lowest BCUT2D eigenvalue weighted by Crippen LogP contribution is -2.63. The van der Waals surface area contributed by atoms with E-state index in [0.29, 0.717) is 5.54 Å². The summed E-state index contributed by atoms with van der Waals surface area (Å²) in [6.07, 6.45) is 11.2. The maximum Gasteiger partial charge on any atom is 0.127 e. The molecule has 0 amide bonds. The SMILES string of the molecule is CN(C)c1ccc(CN2CCN(C34CC5CC(CC(C5)C3)C4)CC2)cn1. The van der Waals surface area contributed by atoms with Crippen molar-refractivity contribution < 1.29 is 0 Å². The minimum atomic E-state index is 0.593. The first kappa shape index (κ1) is 17.0. The average Bonchev–Trinajstić information content (AvgIpc) is 2.61. The van der Waals surface area contributed by atoms with Gasteiger partial charge in [0, 0.05) is 58.6 Å². The van der Waals surface area contributed by atoms with Gasteiger partial charge in [0.15, 0.2) is 0 Å². The molecule has 0 unspecified atom stereocenters. The molecule has 4 aliphatic carbocycles. The maximum atomic E-state index is 4.57. The summed E-state index contributed by atoms with van der Waals surface area (Å²) < 4.78 is 0. The molecule has 0 aromatic carbocycles. The van der Waals surface area contributed by atoms with Crippen molar-refractivity contribution in [1.29, 1.82) is 0 Å². The molecule has 0 spiro atoms. The second-order valence-electron chi connectivity index (χ2n) is 9.82. The first-order valence-corrected chi connectivity index (χ1v) is 10.7. The summed E-state index contributed by atoms with van der Waals surface area (Å²) >= 11 is 0. The van der Waals surface area contributed by atoms with Gasteiger partial charge in [-0.05, 0) is 67.9 Å². The van der Waals surface area contributed by atoms with Crippen molar-refractivity contribution in [3.63, 3.8) is 0 Å². The maximum absolute atomic E-state index is 4.57. The molecule has 26 heavy (non-hydrogen) atoms. The van der Waals surface area contributed by atoms with Crippen LogP contribution in [0.1, 0.15) is 44.1 Å². The zero-order valence-corrected chi connectivity index (χ0v) is 16.5. The largest absolute Gasteiger partial charge is 0.363 e. The van der Waals surface area contributed by atoms with E-state index in [1.807, 2.05) is 14.1 Å². The normalized spacial score (nSPS) is 37.2. The van der Waals surface area contributed by atoms with Crippen LogP contribution in [0.15, 0.2) is 18.3 Å². The van der Waals surface area contributed by atoms with Crippen molar-refractivity contribution in [3.05, 3.63) is 23.9 Å². The minimum Gasteiger partial charge on any atom is -0.363 e. The molecular weight excluding hydrogens is 320 g/mol. The van der Waals surface area contributed by atoms with Gasteiger partial charge in [-0.2, -0.15) is 0 Å². The van der Waals surface area contributed by atoms with Gasteiger partial charge in [0.05, 0.1) is 0 Å². The van der Waals surface area contributed by atoms with Crippen molar-refractivity contribution in [2.45, 2.75) is 50.6 Å². The van der Waals surface area contributed by atoms with Gasteiger partial charge in [0.2, 0.25) is 0 Å². The Labute approximate surface area is 158 Å². The Kier molecular flexibility index (Phi) is 4.24. The summed E-state index contributed by atoms with van der Waals surface area (Å²) in [6.45, 7) is 6.04. The molecule has 4 nitrogen and oxygen atoms in total. The Bertz CT molecular complexity index is 595. The minimum absolute atomic E-state index is 0.593. The first-order chi connectivity index (χ1) is 12.6. The van der Waals surface area contributed by atoms with E-state index in [1.54, 1.807) is 19.3 Å². The highest BCUT2D eigenvalue weighted by Crippen LogP contribution is 2.57. The Balaban J connectivity index is 1.19. The third-order valence-corrected chi connectivity index (χ3v) is 7.72. The summed E-state index contributed by atoms with van der Waals surface area (Å²) in [7, 11) is 4.09. The van der Waals surface area contributed by atoms with E-state index in [1.165, 1.54) is 51.0 Å². The number of aromatic nitrogens is 1. The molecule has 1 aromatic heterocycles. The molecule has 0 atom stereocenters. The van der Waals surface area contributed by atoms with Gasteiger partial charge in [-0.15, -0.1) is 0 Å². The van der Waals surface area contributed by atoms with E-state index in [2.05, 4.69) is 38.0 Å². The fraction of sp³-hybridized carbons (Fsp3) is 0.773. The van der Waals surface area contributed by atoms with Crippen LogP contribution in [0.4, 0.5) is 5.82 Å². The predicted molar refractivity (Wildman–Crippen MR) is 106 cm³/mol. The highest BCUT2D eigenvalue weighted by atomic mass is 15.3. The predicted octanol–water partition coefficient (Wildman–Crippen LogP) is 3.23. The number of nitrogens with zero attached hydrogens (tertiary/aromatic N) is 4. The molecule has 1 aliphatic heterocycles. The van der Waals surface area contributed by atoms with Gasteiger partial charge in [-0.1, -0.05) is 6.07 Å². The lowest BCUT2D eigenvalue weighted by Gasteiger charge is -2.61. The third-order valence-electron chi connectivity index (χ3n) is 7.72. The molecular formula is C22H34N4. The second-order valence-corrected chi connectivity index (χ2v) is 9.82. The number of hydrogen-bond acceptors (Lipinski definition) is 4. The van der Waals surface area contributed by atoms with Gasteiger partial charge in [-0.3, -0.25) is 9.80 Å². The van der Waals surface area contributed by atoms with Crippen LogP contribution in [-0.2, 0) is 6.54 Å². The van der Waals surface area contributed by atoms with Gasteiger partial charge >= 0.3 is 0 Å². The quantitative estimate of drug-likeness (QED) is 0.828. The van der Waals surface area contributed by atoms with E-state index >= 15 is 0 Å². The third kappa shape index (κ3) is 3.05. The van der Waals surface area contributed by atoms with Gasteiger partial charge in [-0.25, -0.2) is 4.98 Å². The van der Waals surface area contributed by atoms with Gasteiger partial charge < -0.3 is 4.90 Å². The van der Waals surface area contributed by atoms with Crippen molar-refractivity contribution in [1.82, 2.24) is 14.8 Å².